The SMILES string of the molecule is CCCC(=O)N(c1ccccc1)[C@@H]1CCN(C(=O)[C@@H](Cc2ccc(OC)cc2)NC(=O)C[C@H]2Cc3ccccc3CN2)C1. The average molecular weight is 583 g/mol. The second-order valence-corrected chi connectivity index (χ2v) is 11.5. The van der Waals surface area contributed by atoms with Gasteiger partial charge in [-0.15, -0.1) is 0 Å². The molecule has 0 spiro atoms. The lowest BCUT2D eigenvalue weighted by Gasteiger charge is -2.30. The van der Waals surface area contributed by atoms with E-state index in [2.05, 4.69) is 22.8 Å². The molecular weight excluding hydrogens is 540 g/mol. The maximum Gasteiger partial charge on any atom is 0.245 e. The number of anilines is 1. The van der Waals surface area contributed by atoms with E-state index >= 15 is 0 Å². The highest BCUT2D eigenvalue weighted by molar-refractivity contribution is 5.94. The van der Waals surface area contributed by atoms with Gasteiger partial charge in [0, 0.05) is 50.6 Å². The number of nitrogens with zero attached hydrogens (tertiary/aromatic N) is 2. The topological polar surface area (TPSA) is 91.0 Å². The van der Waals surface area contributed by atoms with Crippen LogP contribution in [0.4, 0.5) is 5.69 Å². The number of hydrogen-bond donors (Lipinski definition) is 2. The molecule has 0 unspecified atom stereocenters. The first-order chi connectivity index (χ1) is 20.9. The Labute approximate surface area is 254 Å². The Morgan fingerprint density at radius 3 is 2.44 bits per heavy atom. The van der Waals surface area contributed by atoms with Gasteiger partial charge in [-0.25, -0.2) is 0 Å². The fourth-order valence-electron chi connectivity index (χ4n) is 6.19. The number of likely N-dealkylation sites (tertiary alicyclic amines) is 1. The van der Waals surface area contributed by atoms with Crippen LogP contribution < -0.4 is 20.3 Å². The summed E-state index contributed by atoms with van der Waals surface area (Å²) in [4.78, 5) is 44.3. The number of nitrogens with one attached hydrogen (secondary N) is 2. The number of methoxy groups -OCH3 is 1. The normalized spacial score (nSPS) is 18.4. The molecular formula is C35H42N4O4. The zero-order valence-electron chi connectivity index (χ0n) is 25.1. The predicted octanol–water partition coefficient (Wildman–Crippen LogP) is 4.26. The molecule has 1 saturated heterocycles. The predicted molar refractivity (Wildman–Crippen MR) is 168 cm³/mol. The molecule has 2 N–H and O–H groups in total. The maximum atomic E-state index is 14.0. The number of benzene rings is 3. The van der Waals surface area contributed by atoms with Crippen molar-refractivity contribution in [2.75, 3.05) is 25.1 Å². The standard InChI is InChI=1S/C35H42N4O4/c1-3-9-34(41)39(29-12-5-4-6-13-29)30-18-19-38(24-30)35(42)32(20-25-14-16-31(43-2)17-15-25)37-33(40)22-28-21-26-10-7-8-11-27(26)23-36-28/h4-8,10-17,28,30,32,36H,3,9,18-24H2,1-2H3,(H,37,40)/t28-,30-,32-/m1/s1. The first-order valence-electron chi connectivity index (χ1n) is 15.3. The van der Waals surface area contributed by atoms with Crippen molar-refractivity contribution in [1.29, 1.82) is 0 Å². The third-order valence-electron chi connectivity index (χ3n) is 8.44. The fourth-order valence-corrected chi connectivity index (χ4v) is 6.19. The quantitative estimate of drug-likeness (QED) is 0.353. The molecule has 3 atom stereocenters. The van der Waals surface area contributed by atoms with Crippen molar-refractivity contribution in [3.8, 4) is 5.75 Å². The molecule has 0 aromatic heterocycles. The summed E-state index contributed by atoms with van der Waals surface area (Å²) in [5.41, 5.74) is 4.31. The van der Waals surface area contributed by atoms with Crippen molar-refractivity contribution in [1.82, 2.24) is 15.5 Å². The molecule has 0 aliphatic carbocycles. The van der Waals surface area contributed by atoms with E-state index in [0.717, 1.165) is 36.4 Å². The number of rotatable bonds is 11. The molecule has 3 aromatic carbocycles. The third-order valence-corrected chi connectivity index (χ3v) is 8.44. The van der Waals surface area contributed by atoms with Crippen molar-refractivity contribution in [3.05, 3.63) is 95.6 Å². The largest absolute Gasteiger partial charge is 0.497 e. The van der Waals surface area contributed by atoms with Crippen LogP contribution in [-0.2, 0) is 33.8 Å². The number of amides is 3. The lowest BCUT2D eigenvalue weighted by atomic mass is 9.94. The molecule has 1 fully saturated rings. The zero-order chi connectivity index (χ0) is 30.2. The third kappa shape index (κ3) is 7.62. The summed E-state index contributed by atoms with van der Waals surface area (Å²) in [6.07, 6.45) is 3.33. The van der Waals surface area contributed by atoms with Gasteiger partial charge in [-0.1, -0.05) is 61.5 Å². The van der Waals surface area contributed by atoms with Crippen molar-refractivity contribution >= 4 is 23.4 Å². The van der Waals surface area contributed by atoms with Crippen LogP contribution in [0.15, 0.2) is 78.9 Å². The van der Waals surface area contributed by atoms with E-state index in [0.29, 0.717) is 32.4 Å². The van der Waals surface area contributed by atoms with E-state index in [-0.39, 0.29) is 36.2 Å². The van der Waals surface area contributed by atoms with E-state index in [9.17, 15) is 14.4 Å². The van der Waals surface area contributed by atoms with E-state index in [4.69, 9.17) is 4.74 Å². The monoisotopic (exact) mass is 582 g/mol. The highest BCUT2D eigenvalue weighted by atomic mass is 16.5. The van der Waals surface area contributed by atoms with Crippen molar-refractivity contribution in [2.24, 2.45) is 0 Å². The minimum absolute atomic E-state index is 0.00631. The number of ether oxygens (including phenoxy) is 1. The molecule has 5 rings (SSSR count). The summed E-state index contributed by atoms with van der Waals surface area (Å²) in [5.74, 6) is 0.533. The van der Waals surface area contributed by atoms with Crippen LogP contribution in [0.1, 0.15) is 49.3 Å². The first-order valence-corrected chi connectivity index (χ1v) is 15.3. The second kappa shape index (κ2) is 14.3. The molecule has 8 heteroatoms. The molecule has 43 heavy (non-hydrogen) atoms. The van der Waals surface area contributed by atoms with Gasteiger partial charge in [0.15, 0.2) is 0 Å². The minimum Gasteiger partial charge on any atom is -0.497 e. The van der Waals surface area contributed by atoms with Gasteiger partial charge in [0.1, 0.15) is 11.8 Å². The molecule has 0 bridgehead atoms. The highest BCUT2D eigenvalue weighted by Gasteiger charge is 2.36. The Morgan fingerprint density at radius 2 is 1.72 bits per heavy atom. The number of carbonyl (C=O) groups is 3. The van der Waals surface area contributed by atoms with Crippen molar-refractivity contribution < 1.29 is 19.1 Å². The molecule has 3 amide bonds. The summed E-state index contributed by atoms with van der Waals surface area (Å²) < 4.78 is 5.30. The Bertz CT molecular complexity index is 1390. The Morgan fingerprint density at radius 1 is 1.00 bits per heavy atom. The molecule has 2 heterocycles. The van der Waals surface area contributed by atoms with Gasteiger partial charge in [-0.05, 0) is 60.2 Å². The van der Waals surface area contributed by atoms with Gasteiger partial charge in [0.2, 0.25) is 17.7 Å². The lowest BCUT2D eigenvalue weighted by molar-refractivity contribution is -0.135. The summed E-state index contributed by atoms with van der Waals surface area (Å²) in [7, 11) is 1.62. The number of para-hydroxylation sites is 1. The number of hydrogen-bond acceptors (Lipinski definition) is 5. The molecule has 2 aliphatic heterocycles. The summed E-state index contributed by atoms with van der Waals surface area (Å²) in [6.45, 7) is 3.69. The second-order valence-electron chi connectivity index (χ2n) is 11.5. The molecule has 2 aliphatic rings. The molecule has 226 valence electrons. The fraction of sp³-hybridized carbons (Fsp3) is 0.400. The zero-order valence-corrected chi connectivity index (χ0v) is 25.1. The van der Waals surface area contributed by atoms with E-state index in [1.54, 1.807) is 7.11 Å². The van der Waals surface area contributed by atoms with Gasteiger partial charge < -0.3 is 25.2 Å². The average Bonchev–Trinajstić information content (AvgIpc) is 3.51. The van der Waals surface area contributed by atoms with Crippen LogP contribution in [0.2, 0.25) is 0 Å². The highest BCUT2D eigenvalue weighted by Crippen LogP contribution is 2.26. The van der Waals surface area contributed by atoms with Crippen molar-refractivity contribution in [2.45, 2.75) is 70.1 Å². The van der Waals surface area contributed by atoms with Crippen LogP contribution in [0, 0.1) is 0 Å². The number of fused-ring (bicyclic) bond motifs is 1. The molecule has 0 radical (unpaired) electrons. The van der Waals surface area contributed by atoms with Gasteiger partial charge in [0.05, 0.1) is 13.2 Å². The maximum absolute atomic E-state index is 14.0. The Balaban J connectivity index is 1.29. The van der Waals surface area contributed by atoms with Crippen LogP contribution in [0.3, 0.4) is 0 Å². The van der Waals surface area contributed by atoms with Crippen molar-refractivity contribution in [3.63, 3.8) is 0 Å². The lowest BCUT2D eigenvalue weighted by Crippen LogP contribution is -2.51. The smallest absolute Gasteiger partial charge is 0.245 e. The summed E-state index contributed by atoms with van der Waals surface area (Å²) in [6, 6.07) is 24.7. The Kier molecular flexibility index (Phi) is 10.1. The van der Waals surface area contributed by atoms with Crippen LogP contribution in [0.25, 0.3) is 0 Å². The molecule has 0 saturated carbocycles. The molecule has 8 nitrogen and oxygen atoms in total. The van der Waals surface area contributed by atoms with Gasteiger partial charge >= 0.3 is 0 Å². The van der Waals surface area contributed by atoms with E-state index < -0.39 is 6.04 Å². The molecule has 3 aromatic rings. The van der Waals surface area contributed by atoms with E-state index in [1.165, 1.54) is 11.1 Å². The van der Waals surface area contributed by atoms with Gasteiger partial charge in [0.25, 0.3) is 0 Å². The van der Waals surface area contributed by atoms with Crippen LogP contribution >= 0.6 is 0 Å². The first kappa shape index (κ1) is 30.3. The summed E-state index contributed by atoms with van der Waals surface area (Å²) >= 11 is 0. The number of carbonyl (C=O) groups excluding carboxylic acids is 3. The Hall–Kier alpha value is -4.17. The van der Waals surface area contributed by atoms with Gasteiger partial charge in [-0.3, -0.25) is 14.4 Å². The van der Waals surface area contributed by atoms with Crippen LogP contribution in [-0.4, -0.2) is 60.9 Å². The van der Waals surface area contributed by atoms with E-state index in [1.807, 2.05) is 83.5 Å². The summed E-state index contributed by atoms with van der Waals surface area (Å²) in [5, 5.41) is 6.55. The van der Waals surface area contributed by atoms with Gasteiger partial charge in [-0.2, -0.15) is 0 Å². The minimum atomic E-state index is -0.716. The van der Waals surface area contributed by atoms with Crippen LogP contribution in [0.5, 0.6) is 5.75 Å².